The van der Waals surface area contributed by atoms with Crippen LogP contribution in [0.1, 0.15) is 0 Å². The van der Waals surface area contributed by atoms with Crippen LogP contribution in [0, 0.1) is 0 Å². The number of nitrogens with one attached hydrogen (secondary N) is 1. The second kappa shape index (κ2) is 4.15. The Morgan fingerprint density at radius 3 is 2.83 bits per heavy atom. The third-order valence-corrected chi connectivity index (χ3v) is 2.85. The van der Waals surface area contributed by atoms with Crippen molar-refractivity contribution in [3.63, 3.8) is 0 Å². The smallest absolute Gasteiger partial charge is 0.230 e. The van der Waals surface area contributed by atoms with Gasteiger partial charge < -0.3 is 10.3 Å². The van der Waals surface area contributed by atoms with E-state index >= 15 is 0 Å². The van der Waals surface area contributed by atoms with Crippen LogP contribution in [0.2, 0.25) is 5.02 Å². The summed E-state index contributed by atoms with van der Waals surface area (Å²) in [5, 5.41) is 14.7. The first-order valence-corrected chi connectivity index (χ1v) is 5.51. The minimum absolute atomic E-state index is 0.195. The van der Waals surface area contributed by atoms with Gasteiger partial charge in [0.05, 0.1) is 11.8 Å². The Bertz CT molecular complexity index is 677. The molecule has 2 aromatic heterocycles. The van der Waals surface area contributed by atoms with Crippen molar-refractivity contribution >= 4 is 17.5 Å². The molecule has 0 amide bonds. The molecule has 0 saturated carbocycles. The SMILES string of the molecule is Nc1onc(-c2cn[nH]n2)c1-c1ccccc1Cl. The molecule has 0 unspecified atom stereocenters. The Morgan fingerprint density at radius 1 is 1.28 bits per heavy atom. The molecule has 0 aliphatic rings. The average Bonchev–Trinajstić information content (AvgIpc) is 2.99. The summed E-state index contributed by atoms with van der Waals surface area (Å²) in [7, 11) is 0. The molecule has 0 bridgehead atoms. The summed E-state index contributed by atoms with van der Waals surface area (Å²) < 4.78 is 5.02. The summed E-state index contributed by atoms with van der Waals surface area (Å²) in [4.78, 5) is 0. The van der Waals surface area contributed by atoms with Crippen molar-refractivity contribution in [3.8, 4) is 22.5 Å². The maximum absolute atomic E-state index is 6.15. The van der Waals surface area contributed by atoms with Gasteiger partial charge in [-0.2, -0.15) is 15.4 Å². The van der Waals surface area contributed by atoms with E-state index in [1.807, 2.05) is 18.2 Å². The fourth-order valence-electron chi connectivity index (χ4n) is 1.72. The maximum atomic E-state index is 6.15. The number of nitrogens with zero attached hydrogens (tertiary/aromatic N) is 3. The third-order valence-electron chi connectivity index (χ3n) is 2.52. The first-order valence-electron chi connectivity index (χ1n) is 5.13. The van der Waals surface area contributed by atoms with Crippen LogP contribution in [-0.2, 0) is 0 Å². The predicted octanol–water partition coefficient (Wildman–Crippen LogP) is 2.36. The van der Waals surface area contributed by atoms with Gasteiger partial charge >= 0.3 is 0 Å². The number of H-pyrrole nitrogens is 1. The third kappa shape index (κ3) is 1.63. The Labute approximate surface area is 107 Å². The van der Waals surface area contributed by atoms with Gasteiger partial charge in [-0.1, -0.05) is 35.0 Å². The Hall–Kier alpha value is -2.34. The number of anilines is 1. The van der Waals surface area contributed by atoms with Crippen LogP contribution in [0.15, 0.2) is 35.0 Å². The van der Waals surface area contributed by atoms with Gasteiger partial charge in [0.25, 0.3) is 0 Å². The first-order chi connectivity index (χ1) is 8.77. The predicted molar refractivity (Wildman–Crippen MR) is 66.7 cm³/mol. The number of nitrogens with two attached hydrogens (primary N) is 1. The topological polar surface area (TPSA) is 93.6 Å². The van der Waals surface area contributed by atoms with Crippen molar-refractivity contribution < 1.29 is 4.52 Å². The van der Waals surface area contributed by atoms with Crippen LogP contribution in [-0.4, -0.2) is 20.6 Å². The van der Waals surface area contributed by atoms with Gasteiger partial charge in [0.2, 0.25) is 5.88 Å². The average molecular weight is 262 g/mol. The van der Waals surface area contributed by atoms with Crippen LogP contribution in [0.25, 0.3) is 22.5 Å². The Kier molecular flexibility index (Phi) is 2.49. The molecule has 3 rings (SSSR count). The number of hydrogen-bond donors (Lipinski definition) is 2. The van der Waals surface area contributed by atoms with Crippen molar-refractivity contribution in [2.75, 3.05) is 5.73 Å². The van der Waals surface area contributed by atoms with Crippen molar-refractivity contribution in [3.05, 3.63) is 35.5 Å². The molecule has 0 aliphatic carbocycles. The molecule has 3 N–H and O–H groups in total. The number of benzene rings is 1. The molecule has 0 radical (unpaired) electrons. The zero-order chi connectivity index (χ0) is 12.5. The number of halogens is 1. The number of rotatable bonds is 2. The highest BCUT2D eigenvalue weighted by Crippen LogP contribution is 2.38. The minimum Gasteiger partial charge on any atom is -0.367 e. The molecule has 2 heterocycles. The molecule has 90 valence electrons. The summed E-state index contributed by atoms with van der Waals surface area (Å²) in [6.45, 7) is 0. The lowest BCUT2D eigenvalue weighted by Gasteiger charge is -2.02. The minimum atomic E-state index is 0.195. The molecule has 1 aromatic carbocycles. The first kappa shape index (κ1) is 10.8. The molecule has 0 fully saturated rings. The van der Waals surface area contributed by atoms with Gasteiger partial charge in [-0.25, -0.2) is 0 Å². The fraction of sp³-hybridized carbons (Fsp3) is 0. The number of hydrogen-bond acceptors (Lipinski definition) is 5. The molecular weight excluding hydrogens is 254 g/mol. The molecule has 3 aromatic rings. The normalized spacial score (nSPS) is 10.7. The highest BCUT2D eigenvalue weighted by molar-refractivity contribution is 6.33. The van der Waals surface area contributed by atoms with Gasteiger partial charge in [-0.15, -0.1) is 0 Å². The van der Waals surface area contributed by atoms with E-state index in [4.69, 9.17) is 21.9 Å². The largest absolute Gasteiger partial charge is 0.367 e. The summed E-state index contributed by atoms with van der Waals surface area (Å²) >= 11 is 6.15. The highest BCUT2D eigenvalue weighted by Gasteiger charge is 2.20. The number of aromatic nitrogens is 4. The van der Waals surface area contributed by atoms with E-state index in [9.17, 15) is 0 Å². The van der Waals surface area contributed by atoms with Gasteiger partial charge in [-0.3, -0.25) is 0 Å². The highest BCUT2D eigenvalue weighted by atomic mass is 35.5. The van der Waals surface area contributed by atoms with Crippen LogP contribution >= 0.6 is 11.6 Å². The standard InChI is InChI=1S/C11H8ClN5O/c12-7-4-2-1-3-6(7)9-10(16-18-11(9)13)8-5-14-17-15-8/h1-5H,13H2,(H,14,15,17). The van der Waals surface area contributed by atoms with E-state index < -0.39 is 0 Å². The van der Waals surface area contributed by atoms with Crippen molar-refractivity contribution in [1.29, 1.82) is 0 Å². The van der Waals surface area contributed by atoms with E-state index in [0.29, 0.717) is 22.0 Å². The van der Waals surface area contributed by atoms with E-state index in [-0.39, 0.29) is 5.88 Å². The molecule has 0 aliphatic heterocycles. The molecular formula is C11H8ClN5O. The van der Waals surface area contributed by atoms with Crippen LogP contribution in [0.4, 0.5) is 5.88 Å². The van der Waals surface area contributed by atoms with E-state index in [1.165, 1.54) is 6.20 Å². The van der Waals surface area contributed by atoms with Gasteiger partial charge in [0, 0.05) is 10.6 Å². The fourth-order valence-corrected chi connectivity index (χ4v) is 1.95. The monoisotopic (exact) mass is 261 g/mol. The summed E-state index contributed by atoms with van der Waals surface area (Å²) in [5.74, 6) is 0.195. The number of nitrogen functional groups attached to an aromatic ring is 1. The second-order valence-corrected chi connectivity index (χ2v) is 4.01. The molecule has 0 saturated heterocycles. The lowest BCUT2D eigenvalue weighted by atomic mass is 10.0. The summed E-state index contributed by atoms with van der Waals surface area (Å²) in [6.07, 6.45) is 1.54. The molecule has 0 atom stereocenters. The molecule has 7 heteroatoms. The van der Waals surface area contributed by atoms with Crippen LogP contribution < -0.4 is 5.73 Å². The van der Waals surface area contributed by atoms with E-state index in [1.54, 1.807) is 6.07 Å². The van der Waals surface area contributed by atoms with E-state index in [2.05, 4.69) is 20.6 Å². The molecule has 6 nitrogen and oxygen atoms in total. The zero-order valence-corrected chi connectivity index (χ0v) is 9.85. The maximum Gasteiger partial charge on any atom is 0.230 e. The van der Waals surface area contributed by atoms with Crippen molar-refractivity contribution in [2.24, 2.45) is 0 Å². The summed E-state index contributed by atoms with van der Waals surface area (Å²) in [5.41, 5.74) is 8.22. The van der Waals surface area contributed by atoms with Crippen LogP contribution in [0.5, 0.6) is 0 Å². The van der Waals surface area contributed by atoms with Gasteiger partial charge in [-0.05, 0) is 6.07 Å². The Morgan fingerprint density at radius 2 is 2.11 bits per heavy atom. The van der Waals surface area contributed by atoms with Crippen LogP contribution in [0.3, 0.4) is 0 Å². The second-order valence-electron chi connectivity index (χ2n) is 3.61. The summed E-state index contributed by atoms with van der Waals surface area (Å²) in [6, 6.07) is 7.32. The molecule has 18 heavy (non-hydrogen) atoms. The van der Waals surface area contributed by atoms with Crippen molar-refractivity contribution in [2.45, 2.75) is 0 Å². The Balaban J connectivity index is 2.24. The van der Waals surface area contributed by atoms with Gasteiger partial charge in [0.1, 0.15) is 11.4 Å². The zero-order valence-electron chi connectivity index (χ0n) is 9.09. The van der Waals surface area contributed by atoms with E-state index in [0.717, 1.165) is 5.56 Å². The molecule has 0 spiro atoms. The quantitative estimate of drug-likeness (QED) is 0.738. The van der Waals surface area contributed by atoms with Gasteiger partial charge in [0.15, 0.2) is 0 Å². The number of aromatic amines is 1. The van der Waals surface area contributed by atoms with Crippen molar-refractivity contribution in [1.82, 2.24) is 20.6 Å². The lowest BCUT2D eigenvalue weighted by molar-refractivity contribution is 0.439. The lowest BCUT2D eigenvalue weighted by Crippen LogP contribution is -1.88.